The monoisotopic (exact) mass is 288 g/mol. The largest absolute Gasteiger partial charge is 0.323 e. The van der Waals surface area contributed by atoms with Crippen LogP contribution in [0, 0.1) is 11.8 Å². The predicted octanol–water partition coefficient (Wildman–Crippen LogP) is 4.00. The SMILES string of the molecule is CCc1ccc(C(N)C(C)N2CC(C)CC(C)C2C)cc1. The molecule has 1 aliphatic heterocycles. The smallest absolute Gasteiger partial charge is 0.0450 e. The fourth-order valence-corrected chi connectivity index (χ4v) is 3.76. The maximum absolute atomic E-state index is 6.57. The second-order valence-electron chi connectivity index (χ2n) is 7.12. The molecular formula is C19H32N2. The molecule has 0 radical (unpaired) electrons. The molecule has 5 atom stereocenters. The minimum Gasteiger partial charge on any atom is -0.323 e. The molecule has 1 aliphatic rings. The van der Waals surface area contributed by atoms with E-state index in [-0.39, 0.29) is 6.04 Å². The van der Waals surface area contributed by atoms with Crippen molar-refractivity contribution in [3.05, 3.63) is 35.4 Å². The molecule has 0 saturated carbocycles. The standard InChI is InChI=1S/C19H32N2/c1-6-17-7-9-18(10-8-17)19(20)16(5)21-12-13(2)11-14(3)15(21)4/h7-10,13-16,19H,6,11-12,20H2,1-5H3. The zero-order chi connectivity index (χ0) is 15.6. The van der Waals surface area contributed by atoms with Crippen molar-refractivity contribution in [3.8, 4) is 0 Å². The Morgan fingerprint density at radius 3 is 2.38 bits per heavy atom. The number of rotatable bonds is 4. The van der Waals surface area contributed by atoms with Crippen molar-refractivity contribution in [2.24, 2.45) is 17.6 Å². The average Bonchev–Trinajstić information content (AvgIpc) is 2.49. The third-order valence-corrected chi connectivity index (χ3v) is 5.46. The first-order chi connectivity index (χ1) is 9.93. The summed E-state index contributed by atoms with van der Waals surface area (Å²) in [4.78, 5) is 2.62. The molecule has 2 heteroatoms. The van der Waals surface area contributed by atoms with Crippen molar-refractivity contribution < 1.29 is 0 Å². The summed E-state index contributed by atoms with van der Waals surface area (Å²) in [6, 6.07) is 9.95. The molecule has 1 saturated heterocycles. The van der Waals surface area contributed by atoms with Crippen LogP contribution in [-0.2, 0) is 6.42 Å². The summed E-state index contributed by atoms with van der Waals surface area (Å²) < 4.78 is 0. The zero-order valence-corrected chi connectivity index (χ0v) is 14.3. The predicted molar refractivity (Wildman–Crippen MR) is 91.3 cm³/mol. The lowest BCUT2D eigenvalue weighted by atomic mass is 9.84. The molecule has 1 fully saturated rings. The van der Waals surface area contributed by atoms with Crippen LogP contribution in [0.2, 0.25) is 0 Å². The van der Waals surface area contributed by atoms with Gasteiger partial charge in [0.1, 0.15) is 0 Å². The third-order valence-electron chi connectivity index (χ3n) is 5.46. The minimum absolute atomic E-state index is 0.0934. The normalized spacial score (nSPS) is 30.1. The molecular weight excluding hydrogens is 256 g/mol. The molecule has 2 nitrogen and oxygen atoms in total. The molecule has 0 amide bonds. The summed E-state index contributed by atoms with van der Waals surface area (Å²) in [7, 11) is 0. The van der Waals surface area contributed by atoms with Gasteiger partial charge in [-0.15, -0.1) is 0 Å². The summed E-state index contributed by atoms with van der Waals surface area (Å²) in [6.07, 6.45) is 2.42. The molecule has 0 bridgehead atoms. The molecule has 1 aromatic rings. The topological polar surface area (TPSA) is 29.3 Å². The summed E-state index contributed by atoms with van der Waals surface area (Å²) in [5.41, 5.74) is 9.22. The summed E-state index contributed by atoms with van der Waals surface area (Å²) in [5, 5.41) is 0. The average molecular weight is 288 g/mol. The zero-order valence-electron chi connectivity index (χ0n) is 14.3. The van der Waals surface area contributed by atoms with E-state index in [0.717, 1.165) is 18.3 Å². The second-order valence-corrected chi connectivity index (χ2v) is 7.12. The van der Waals surface area contributed by atoms with E-state index in [4.69, 9.17) is 5.73 Å². The van der Waals surface area contributed by atoms with Crippen LogP contribution in [0.15, 0.2) is 24.3 Å². The van der Waals surface area contributed by atoms with E-state index >= 15 is 0 Å². The van der Waals surface area contributed by atoms with Crippen LogP contribution in [0.4, 0.5) is 0 Å². The number of nitrogens with zero attached hydrogens (tertiary/aromatic N) is 1. The number of hydrogen-bond acceptors (Lipinski definition) is 2. The van der Waals surface area contributed by atoms with Gasteiger partial charge in [0.15, 0.2) is 0 Å². The van der Waals surface area contributed by atoms with Crippen LogP contribution in [-0.4, -0.2) is 23.5 Å². The van der Waals surface area contributed by atoms with Crippen molar-refractivity contribution in [3.63, 3.8) is 0 Å². The molecule has 0 spiro atoms. The quantitative estimate of drug-likeness (QED) is 0.907. The third kappa shape index (κ3) is 3.67. The fourth-order valence-electron chi connectivity index (χ4n) is 3.76. The number of likely N-dealkylation sites (tertiary alicyclic amines) is 1. The van der Waals surface area contributed by atoms with E-state index in [1.807, 2.05) is 0 Å². The van der Waals surface area contributed by atoms with Gasteiger partial charge in [0, 0.05) is 24.7 Å². The number of piperidine rings is 1. The van der Waals surface area contributed by atoms with Crippen molar-refractivity contribution in [2.75, 3.05) is 6.54 Å². The van der Waals surface area contributed by atoms with Gasteiger partial charge in [-0.1, -0.05) is 45.0 Å². The van der Waals surface area contributed by atoms with Gasteiger partial charge in [0.25, 0.3) is 0 Å². The van der Waals surface area contributed by atoms with Crippen molar-refractivity contribution in [2.45, 2.75) is 65.6 Å². The number of benzene rings is 1. The van der Waals surface area contributed by atoms with Crippen LogP contribution in [0.3, 0.4) is 0 Å². The first-order valence-electron chi connectivity index (χ1n) is 8.54. The summed E-state index contributed by atoms with van der Waals surface area (Å²) in [5.74, 6) is 1.53. The van der Waals surface area contributed by atoms with E-state index in [1.165, 1.54) is 24.1 Å². The van der Waals surface area contributed by atoms with Gasteiger partial charge in [-0.2, -0.15) is 0 Å². The van der Waals surface area contributed by atoms with Crippen molar-refractivity contribution in [1.29, 1.82) is 0 Å². The lowest BCUT2D eigenvalue weighted by molar-refractivity contribution is 0.0369. The Morgan fingerprint density at radius 1 is 1.19 bits per heavy atom. The molecule has 2 rings (SSSR count). The van der Waals surface area contributed by atoms with E-state index < -0.39 is 0 Å². The lowest BCUT2D eigenvalue weighted by Gasteiger charge is -2.46. The second kappa shape index (κ2) is 6.93. The number of nitrogens with two attached hydrogens (primary N) is 1. The Labute approximate surface area is 130 Å². The molecule has 21 heavy (non-hydrogen) atoms. The van der Waals surface area contributed by atoms with E-state index in [2.05, 4.69) is 63.8 Å². The summed E-state index contributed by atoms with van der Waals surface area (Å²) in [6.45, 7) is 12.8. The highest BCUT2D eigenvalue weighted by molar-refractivity contribution is 5.25. The summed E-state index contributed by atoms with van der Waals surface area (Å²) >= 11 is 0. The van der Waals surface area contributed by atoms with Crippen LogP contribution in [0.25, 0.3) is 0 Å². The van der Waals surface area contributed by atoms with Crippen LogP contribution >= 0.6 is 0 Å². The molecule has 1 heterocycles. The van der Waals surface area contributed by atoms with E-state index in [1.54, 1.807) is 0 Å². The first-order valence-corrected chi connectivity index (χ1v) is 8.54. The van der Waals surface area contributed by atoms with E-state index in [0.29, 0.717) is 12.1 Å². The number of aryl methyl sites for hydroxylation is 1. The molecule has 0 aliphatic carbocycles. The Balaban J connectivity index is 2.11. The highest BCUT2D eigenvalue weighted by atomic mass is 15.2. The molecule has 118 valence electrons. The van der Waals surface area contributed by atoms with Gasteiger partial charge in [-0.25, -0.2) is 0 Å². The molecule has 1 aromatic carbocycles. The Morgan fingerprint density at radius 2 is 1.81 bits per heavy atom. The lowest BCUT2D eigenvalue weighted by Crippen LogP contribution is -2.52. The fraction of sp³-hybridized carbons (Fsp3) is 0.684. The van der Waals surface area contributed by atoms with Gasteiger partial charge in [-0.05, 0) is 49.7 Å². The van der Waals surface area contributed by atoms with Crippen LogP contribution in [0.1, 0.15) is 58.2 Å². The van der Waals surface area contributed by atoms with Gasteiger partial charge < -0.3 is 5.73 Å². The Bertz CT molecular complexity index is 439. The van der Waals surface area contributed by atoms with Crippen LogP contribution < -0.4 is 5.73 Å². The maximum Gasteiger partial charge on any atom is 0.0450 e. The van der Waals surface area contributed by atoms with Gasteiger partial charge in [0.05, 0.1) is 0 Å². The van der Waals surface area contributed by atoms with E-state index in [9.17, 15) is 0 Å². The van der Waals surface area contributed by atoms with Gasteiger partial charge >= 0.3 is 0 Å². The van der Waals surface area contributed by atoms with Crippen LogP contribution in [0.5, 0.6) is 0 Å². The molecule has 5 unspecified atom stereocenters. The first kappa shape index (κ1) is 16.5. The molecule has 2 N–H and O–H groups in total. The van der Waals surface area contributed by atoms with Crippen molar-refractivity contribution in [1.82, 2.24) is 4.90 Å². The number of hydrogen-bond donors (Lipinski definition) is 1. The molecule has 0 aromatic heterocycles. The highest BCUT2D eigenvalue weighted by Gasteiger charge is 2.33. The van der Waals surface area contributed by atoms with Gasteiger partial charge in [0.2, 0.25) is 0 Å². The minimum atomic E-state index is 0.0934. The maximum atomic E-state index is 6.57. The highest BCUT2D eigenvalue weighted by Crippen LogP contribution is 2.31. The van der Waals surface area contributed by atoms with Gasteiger partial charge in [-0.3, -0.25) is 4.90 Å². The van der Waals surface area contributed by atoms with Crippen molar-refractivity contribution >= 4 is 0 Å². The Kier molecular flexibility index (Phi) is 5.45. The Hall–Kier alpha value is -0.860.